The van der Waals surface area contributed by atoms with E-state index in [1.165, 1.54) is 24.3 Å². The first-order valence-corrected chi connectivity index (χ1v) is 9.62. The molecule has 2 N–H and O–H groups in total. The minimum atomic E-state index is -4.71. The van der Waals surface area contributed by atoms with Crippen molar-refractivity contribution in [2.45, 2.75) is 31.3 Å². The van der Waals surface area contributed by atoms with Gasteiger partial charge in [-0.25, -0.2) is 8.42 Å². The lowest BCUT2D eigenvalue weighted by Gasteiger charge is -2.15. The molecule has 0 saturated heterocycles. The van der Waals surface area contributed by atoms with Crippen LogP contribution in [-0.4, -0.2) is 20.9 Å². The molecule has 0 aliphatic carbocycles. The van der Waals surface area contributed by atoms with Gasteiger partial charge in [0.05, 0.1) is 16.1 Å². The third-order valence-electron chi connectivity index (χ3n) is 3.78. The quantitative estimate of drug-likeness (QED) is 0.771. The number of benzene rings is 2. The second-order valence-corrected chi connectivity index (χ2v) is 7.56. The highest BCUT2D eigenvalue weighted by Gasteiger charge is 2.34. The maximum atomic E-state index is 13.1. The number of alkyl halides is 3. The Hall–Kier alpha value is -2.55. The van der Waals surface area contributed by atoms with Crippen molar-refractivity contribution >= 4 is 21.6 Å². The highest BCUT2D eigenvalue weighted by atomic mass is 32.2. The minimum absolute atomic E-state index is 0.149. The molecule has 146 valence electrons. The first-order chi connectivity index (χ1) is 12.6. The van der Waals surface area contributed by atoms with Gasteiger partial charge in [-0.05, 0) is 43.2 Å². The van der Waals surface area contributed by atoms with Gasteiger partial charge in [0.1, 0.15) is 0 Å². The summed E-state index contributed by atoms with van der Waals surface area (Å²) in [5, 5.41) is 2.64. The zero-order valence-corrected chi connectivity index (χ0v) is 15.5. The zero-order valence-electron chi connectivity index (χ0n) is 14.7. The summed E-state index contributed by atoms with van der Waals surface area (Å²) in [4.78, 5) is 11.9. The smallest absolute Gasteiger partial charge is 0.352 e. The van der Waals surface area contributed by atoms with Crippen LogP contribution in [0.15, 0.2) is 47.4 Å². The third kappa shape index (κ3) is 5.00. The SMILES string of the molecule is CCCNC(=O)c1cc(S(=O)(=O)Nc2ccccc2C(F)(F)F)ccc1C. The number of carbonyl (C=O) groups excluding carboxylic acids is 1. The van der Waals surface area contributed by atoms with Crippen LogP contribution in [0.4, 0.5) is 18.9 Å². The van der Waals surface area contributed by atoms with Gasteiger partial charge in [-0.15, -0.1) is 0 Å². The van der Waals surface area contributed by atoms with Crippen LogP contribution in [0.2, 0.25) is 0 Å². The number of nitrogens with one attached hydrogen (secondary N) is 2. The summed E-state index contributed by atoms with van der Waals surface area (Å²) in [6.45, 7) is 3.94. The molecule has 0 atom stereocenters. The van der Waals surface area contributed by atoms with Crippen molar-refractivity contribution in [3.05, 3.63) is 59.2 Å². The van der Waals surface area contributed by atoms with Crippen molar-refractivity contribution in [2.75, 3.05) is 11.3 Å². The van der Waals surface area contributed by atoms with Gasteiger partial charge < -0.3 is 5.32 Å². The maximum Gasteiger partial charge on any atom is 0.418 e. The van der Waals surface area contributed by atoms with E-state index in [0.717, 1.165) is 18.2 Å². The van der Waals surface area contributed by atoms with E-state index in [2.05, 4.69) is 5.32 Å². The Labute approximate surface area is 155 Å². The standard InChI is InChI=1S/C18H19F3N2O3S/c1-3-10-22-17(24)14-11-13(9-8-12(14)2)27(25,26)23-16-7-5-4-6-15(16)18(19,20)21/h4-9,11,23H,3,10H2,1-2H3,(H,22,24). The van der Waals surface area contributed by atoms with E-state index in [9.17, 15) is 26.4 Å². The number of hydrogen-bond donors (Lipinski definition) is 2. The predicted octanol–water partition coefficient (Wildman–Crippen LogP) is 3.95. The van der Waals surface area contributed by atoms with Gasteiger partial charge in [0, 0.05) is 12.1 Å². The fourth-order valence-corrected chi connectivity index (χ4v) is 3.48. The molecule has 0 aromatic heterocycles. The van der Waals surface area contributed by atoms with Crippen LogP contribution in [0, 0.1) is 6.92 Å². The number of aryl methyl sites for hydroxylation is 1. The number of carbonyl (C=O) groups is 1. The first kappa shape index (κ1) is 20.8. The molecule has 2 rings (SSSR count). The largest absolute Gasteiger partial charge is 0.418 e. The second kappa shape index (κ2) is 7.99. The Morgan fingerprint density at radius 3 is 2.41 bits per heavy atom. The molecule has 0 spiro atoms. The van der Waals surface area contributed by atoms with Gasteiger partial charge in [0.25, 0.3) is 15.9 Å². The monoisotopic (exact) mass is 400 g/mol. The van der Waals surface area contributed by atoms with Gasteiger partial charge in [0.15, 0.2) is 0 Å². The Bertz CT molecular complexity index is 941. The molecule has 9 heteroatoms. The first-order valence-electron chi connectivity index (χ1n) is 8.14. The number of para-hydroxylation sites is 1. The van der Waals surface area contributed by atoms with E-state index in [-0.39, 0.29) is 10.5 Å². The summed E-state index contributed by atoms with van der Waals surface area (Å²) < 4.78 is 66.3. The molecule has 2 aromatic rings. The van der Waals surface area contributed by atoms with Crippen molar-refractivity contribution in [1.82, 2.24) is 5.32 Å². The van der Waals surface area contributed by atoms with E-state index in [1.807, 2.05) is 11.6 Å². The molecular weight excluding hydrogens is 381 g/mol. The minimum Gasteiger partial charge on any atom is -0.352 e. The van der Waals surface area contributed by atoms with E-state index in [4.69, 9.17) is 0 Å². The zero-order chi connectivity index (χ0) is 20.2. The molecule has 0 unspecified atom stereocenters. The summed E-state index contributed by atoms with van der Waals surface area (Å²) in [6, 6.07) is 8.11. The predicted molar refractivity (Wildman–Crippen MR) is 96.1 cm³/mol. The van der Waals surface area contributed by atoms with Gasteiger partial charge in [-0.3, -0.25) is 9.52 Å². The lowest BCUT2D eigenvalue weighted by Crippen LogP contribution is -2.25. The van der Waals surface area contributed by atoms with E-state index in [0.29, 0.717) is 18.5 Å². The molecule has 0 radical (unpaired) electrons. The Kier molecular flexibility index (Phi) is 6.15. The summed E-state index contributed by atoms with van der Waals surface area (Å²) >= 11 is 0. The second-order valence-electron chi connectivity index (χ2n) is 5.88. The number of rotatable bonds is 6. The van der Waals surface area contributed by atoms with Crippen molar-refractivity contribution in [2.24, 2.45) is 0 Å². The Balaban J connectivity index is 2.40. The van der Waals surface area contributed by atoms with Crippen molar-refractivity contribution < 1.29 is 26.4 Å². The molecule has 0 aliphatic rings. The summed E-state index contributed by atoms with van der Waals surface area (Å²) in [5.74, 6) is -0.443. The topological polar surface area (TPSA) is 75.3 Å². The van der Waals surface area contributed by atoms with Crippen LogP contribution in [0.3, 0.4) is 0 Å². The molecule has 0 fully saturated rings. The maximum absolute atomic E-state index is 13.1. The van der Waals surface area contributed by atoms with Crippen LogP contribution in [0.5, 0.6) is 0 Å². The Morgan fingerprint density at radius 1 is 1.11 bits per heavy atom. The third-order valence-corrected chi connectivity index (χ3v) is 5.14. The number of anilines is 1. The normalized spacial score (nSPS) is 11.9. The molecule has 2 aromatic carbocycles. The molecular formula is C18H19F3N2O3S. The van der Waals surface area contributed by atoms with Gasteiger partial charge in [-0.1, -0.05) is 25.1 Å². The van der Waals surface area contributed by atoms with Crippen LogP contribution in [0.1, 0.15) is 34.8 Å². The lowest BCUT2D eigenvalue weighted by atomic mass is 10.1. The fraction of sp³-hybridized carbons (Fsp3) is 0.278. The van der Waals surface area contributed by atoms with Crippen molar-refractivity contribution in [3.63, 3.8) is 0 Å². The van der Waals surface area contributed by atoms with E-state index < -0.39 is 33.4 Å². The molecule has 27 heavy (non-hydrogen) atoms. The van der Waals surface area contributed by atoms with Crippen LogP contribution < -0.4 is 10.0 Å². The highest BCUT2D eigenvalue weighted by molar-refractivity contribution is 7.92. The molecule has 0 aliphatic heterocycles. The Morgan fingerprint density at radius 2 is 1.78 bits per heavy atom. The average molecular weight is 400 g/mol. The molecule has 0 saturated carbocycles. The van der Waals surface area contributed by atoms with Crippen LogP contribution in [-0.2, 0) is 16.2 Å². The summed E-state index contributed by atoms with van der Waals surface area (Å²) in [6.07, 6.45) is -4.00. The van der Waals surface area contributed by atoms with Crippen LogP contribution >= 0.6 is 0 Å². The van der Waals surface area contributed by atoms with Crippen LogP contribution in [0.25, 0.3) is 0 Å². The van der Waals surface area contributed by atoms with Gasteiger partial charge in [-0.2, -0.15) is 13.2 Å². The van der Waals surface area contributed by atoms with Crippen molar-refractivity contribution in [3.8, 4) is 0 Å². The van der Waals surface area contributed by atoms with E-state index >= 15 is 0 Å². The number of hydrogen-bond acceptors (Lipinski definition) is 3. The number of halogens is 3. The summed E-state index contributed by atoms with van der Waals surface area (Å²) in [5.41, 5.74) is -0.974. The lowest BCUT2D eigenvalue weighted by molar-refractivity contribution is -0.136. The number of sulfonamides is 1. The molecule has 0 bridgehead atoms. The van der Waals surface area contributed by atoms with E-state index in [1.54, 1.807) is 6.92 Å². The molecule has 5 nitrogen and oxygen atoms in total. The van der Waals surface area contributed by atoms with Crippen molar-refractivity contribution in [1.29, 1.82) is 0 Å². The summed E-state index contributed by atoms with van der Waals surface area (Å²) in [7, 11) is -4.32. The molecule has 0 heterocycles. The number of amides is 1. The average Bonchev–Trinajstić information content (AvgIpc) is 2.59. The van der Waals surface area contributed by atoms with Gasteiger partial charge >= 0.3 is 6.18 Å². The fourth-order valence-electron chi connectivity index (χ4n) is 2.37. The van der Waals surface area contributed by atoms with Gasteiger partial charge in [0.2, 0.25) is 0 Å². The molecule has 1 amide bonds. The highest BCUT2D eigenvalue weighted by Crippen LogP contribution is 2.35.